The fourth-order valence-corrected chi connectivity index (χ4v) is 2.42. The van der Waals surface area contributed by atoms with Gasteiger partial charge in [0.1, 0.15) is 0 Å². The van der Waals surface area contributed by atoms with E-state index in [-0.39, 0.29) is 5.97 Å². The van der Waals surface area contributed by atoms with E-state index in [4.69, 9.17) is 10.5 Å². The highest BCUT2D eigenvalue weighted by Gasteiger charge is 2.15. The molecule has 1 aromatic rings. The van der Waals surface area contributed by atoms with Crippen molar-refractivity contribution in [2.75, 3.05) is 24.7 Å². The maximum absolute atomic E-state index is 11.4. The van der Waals surface area contributed by atoms with E-state index in [9.17, 15) is 4.79 Å². The predicted molar refractivity (Wildman–Crippen MR) is 72.6 cm³/mol. The molecule has 0 unspecified atom stereocenters. The summed E-state index contributed by atoms with van der Waals surface area (Å²) in [5, 5.41) is 3.34. The first-order chi connectivity index (χ1) is 8.70. The van der Waals surface area contributed by atoms with Gasteiger partial charge in [-0.2, -0.15) is 0 Å². The van der Waals surface area contributed by atoms with Crippen LogP contribution in [0.4, 0.5) is 11.4 Å². The van der Waals surface area contributed by atoms with Gasteiger partial charge in [0.15, 0.2) is 0 Å². The molecule has 2 rings (SSSR count). The van der Waals surface area contributed by atoms with Crippen molar-refractivity contribution in [2.45, 2.75) is 25.7 Å². The van der Waals surface area contributed by atoms with Gasteiger partial charge in [-0.1, -0.05) is 12.8 Å². The van der Waals surface area contributed by atoms with E-state index >= 15 is 0 Å². The van der Waals surface area contributed by atoms with E-state index in [2.05, 4.69) is 5.32 Å². The second kappa shape index (κ2) is 5.76. The molecule has 98 valence electrons. The zero-order valence-corrected chi connectivity index (χ0v) is 10.7. The van der Waals surface area contributed by atoms with E-state index in [1.807, 2.05) is 0 Å². The Kier molecular flexibility index (Phi) is 4.07. The van der Waals surface area contributed by atoms with Crippen LogP contribution >= 0.6 is 0 Å². The van der Waals surface area contributed by atoms with Gasteiger partial charge in [0.25, 0.3) is 0 Å². The summed E-state index contributed by atoms with van der Waals surface area (Å²) in [4.78, 5) is 11.4. The minimum absolute atomic E-state index is 0.334. The third kappa shape index (κ3) is 2.94. The lowest BCUT2D eigenvalue weighted by Gasteiger charge is -2.14. The van der Waals surface area contributed by atoms with Gasteiger partial charge in [0.2, 0.25) is 0 Å². The number of nitrogens with two attached hydrogens (primary N) is 1. The van der Waals surface area contributed by atoms with Crippen LogP contribution in [0.5, 0.6) is 0 Å². The van der Waals surface area contributed by atoms with E-state index in [0.29, 0.717) is 11.3 Å². The third-order valence-electron chi connectivity index (χ3n) is 3.53. The number of carbonyl (C=O) groups excluding carboxylic acids is 1. The van der Waals surface area contributed by atoms with Crippen LogP contribution in [-0.2, 0) is 4.74 Å². The molecule has 4 nitrogen and oxygen atoms in total. The smallest absolute Gasteiger partial charge is 0.337 e. The van der Waals surface area contributed by atoms with Crippen molar-refractivity contribution in [3.63, 3.8) is 0 Å². The summed E-state index contributed by atoms with van der Waals surface area (Å²) in [5.41, 5.74) is 7.92. The minimum Gasteiger partial charge on any atom is -0.465 e. The third-order valence-corrected chi connectivity index (χ3v) is 3.53. The first kappa shape index (κ1) is 12.7. The van der Waals surface area contributed by atoms with Crippen LogP contribution in [0.2, 0.25) is 0 Å². The standard InChI is InChI=1S/C14H20N2O2/c1-18-14(17)11-6-7-12(15)13(8-11)16-9-10-4-2-3-5-10/h6-8,10,16H,2-5,9,15H2,1H3. The molecule has 0 radical (unpaired) electrons. The Balaban J connectivity index is 2.03. The fraction of sp³-hybridized carbons (Fsp3) is 0.500. The normalized spacial score (nSPS) is 15.6. The van der Waals surface area contributed by atoms with Crippen molar-refractivity contribution < 1.29 is 9.53 Å². The van der Waals surface area contributed by atoms with Gasteiger partial charge >= 0.3 is 5.97 Å². The largest absolute Gasteiger partial charge is 0.465 e. The highest BCUT2D eigenvalue weighted by molar-refractivity contribution is 5.91. The molecule has 1 aromatic carbocycles. The molecule has 1 aliphatic carbocycles. The average molecular weight is 248 g/mol. The Morgan fingerprint density at radius 3 is 2.83 bits per heavy atom. The number of methoxy groups -OCH3 is 1. The van der Waals surface area contributed by atoms with E-state index in [1.165, 1.54) is 32.8 Å². The minimum atomic E-state index is -0.334. The Hall–Kier alpha value is -1.71. The summed E-state index contributed by atoms with van der Waals surface area (Å²) in [6.45, 7) is 0.925. The van der Waals surface area contributed by atoms with Crippen LogP contribution in [-0.4, -0.2) is 19.6 Å². The van der Waals surface area contributed by atoms with Gasteiger partial charge in [0.05, 0.1) is 24.0 Å². The zero-order chi connectivity index (χ0) is 13.0. The number of esters is 1. The van der Waals surface area contributed by atoms with Crippen molar-refractivity contribution >= 4 is 17.3 Å². The Morgan fingerprint density at radius 2 is 2.17 bits per heavy atom. The molecule has 0 saturated heterocycles. The predicted octanol–water partition coefficient (Wildman–Crippen LogP) is 2.66. The van der Waals surface area contributed by atoms with Crippen LogP contribution in [0.25, 0.3) is 0 Å². The number of ether oxygens (including phenoxy) is 1. The number of nitrogens with one attached hydrogen (secondary N) is 1. The molecule has 1 saturated carbocycles. The second-order valence-electron chi connectivity index (χ2n) is 4.82. The lowest BCUT2D eigenvalue weighted by atomic mass is 10.1. The summed E-state index contributed by atoms with van der Waals surface area (Å²) in [7, 11) is 1.38. The molecule has 0 aliphatic heterocycles. The molecular weight excluding hydrogens is 228 g/mol. The van der Waals surface area contributed by atoms with Crippen molar-refractivity contribution in [3.8, 4) is 0 Å². The molecule has 0 spiro atoms. The molecular formula is C14H20N2O2. The monoisotopic (exact) mass is 248 g/mol. The van der Waals surface area contributed by atoms with Gasteiger partial charge in [0, 0.05) is 6.54 Å². The lowest BCUT2D eigenvalue weighted by molar-refractivity contribution is 0.0601. The topological polar surface area (TPSA) is 64.3 Å². The summed E-state index contributed by atoms with van der Waals surface area (Å²) >= 11 is 0. The van der Waals surface area contributed by atoms with Gasteiger partial charge < -0.3 is 15.8 Å². The quantitative estimate of drug-likeness (QED) is 0.635. The molecule has 1 fully saturated rings. The van der Waals surface area contributed by atoms with Crippen LogP contribution in [0.15, 0.2) is 18.2 Å². The van der Waals surface area contributed by atoms with E-state index in [0.717, 1.165) is 18.2 Å². The fourth-order valence-electron chi connectivity index (χ4n) is 2.42. The van der Waals surface area contributed by atoms with Crippen LogP contribution in [0.3, 0.4) is 0 Å². The van der Waals surface area contributed by atoms with Crippen LogP contribution in [0.1, 0.15) is 36.0 Å². The first-order valence-corrected chi connectivity index (χ1v) is 6.42. The van der Waals surface area contributed by atoms with Crippen LogP contribution in [0, 0.1) is 5.92 Å². The molecule has 0 heterocycles. The molecule has 0 atom stereocenters. The van der Waals surface area contributed by atoms with Gasteiger partial charge in [-0.25, -0.2) is 4.79 Å². The summed E-state index contributed by atoms with van der Waals surface area (Å²) < 4.78 is 4.70. The van der Waals surface area contributed by atoms with E-state index < -0.39 is 0 Å². The zero-order valence-electron chi connectivity index (χ0n) is 10.7. The maximum Gasteiger partial charge on any atom is 0.337 e. The second-order valence-corrected chi connectivity index (χ2v) is 4.82. The molecule has 0 amide bonds. The van der Waals surface area contributed by atoms with Crippen molar-refractivity contribution in [2.24, 2.45) is 5.92 Å². The number of benzene rings is 1. The summed E-state index contributed by atoms with van der Waals surface area (Å²) in [6, 6.07) is 5.18. The van der Waals surface area contributed by atoms with Crippen molar-refractivity contribution in [3.05, 3.63) is 23.8 Å². The molecule has 0 bridgehead atoms. The lowest BCUT2D eigenvalue weighted by Crippen LogP contribution is -2.13. The number of carbonyl (C=O) groups is 1. The van der Waals surface area contributed by atoms with E-state index in [1.54, 1.807) is 18.2 Å². The Morgan fingerprint density at radius 1 is 1.44 bits per heavy atom. The SMILES string of the molecule is COC(=O)c1ccc(N)c(NCC2CCCC2)c1. The number of anilines is 2. The highest BCUT2D eigenvalue weighted by atomic mass is 16.5. The Bertz CT molecular complexity index is 426. The number of hydrogen-bond acceptors (Lipinski definition) is 4. The van der Waals surface area contributed by atoms with Crippen molar-refractivity contribution in [1.82, 2.24) is 0 Å². The maximum atomic E-state index is 11.4. The highest BCUT2D eigenvalue weighted by Crippen LogP contribution is 2.26. The van der Waals surface area contributed by atoms with Crippen LogP contribution < -0.4 is 11.1 Å². The van der Waals surface area contributed by atoms with Gasteiger partial charge in [-0.15, -0.1) is 0 Å². The number of hydrogen-bond donors (Lipinski definition) is 2. The Labute approximate surface area is 108 Å². The number of nitrogen functional groups attached to an aromatic ring is 1. The van der Waals surface area contributed by atoms with Gasteiger partial charge in [-0.3, -0.25) is 0 Å². The van der Waals surface area contributed by atoms with Crippen molar-refractivity contribution in [1.29, 1.82) is 0 Å². The average Bonchev–Trinajstić information content (AvgIpc) is 2.90. The summed E-state index contributed by atoms with van der Waals surface area (Å²) in [5.74, 6) is 0.394. The molecule has 4 heteroatoms. The molecule has 3 N–H and O–H groups in total. The van der Waals surface area contributed by atoms with Gasteiger partial charge in [-0.05, 0) is 37.0 Å². The summed E-state index contributed by atoms with van der Waals surface area (Å²) in [6.07, 6.45) is 5.21. The molecule has 0 aromatic heterocycles. The molecule has 18 heavy (non-hydrogen) atoms. The first-order valence-electron chi connectivity index (χ1n) is 6.42. The molecule has 1 aliphatic rings. The number of rotatable bonds is 4.